The summed E-state index contributed by atoms with van der Waals surface area (Å²) in [5.41, 5.74) is 1.91. The number of hydrogen-bond donors (Lipinski definition) is 1. The number of hydrogen-bond acceptors (Lipinski definition) is 2. The molecule has 21 heavy (non-hydrogen) atoms. The number of rotatable bonds is 4. The second-order valence-corrected chi connectivity index (χ2v) is 4.99. The maximum absolute atomic E-state index is 12.6. The predicted molar refractivity (Wildman–Crippen MR) is 79.5 cm³/mol. The minimum atomic E-state index is -4.31. The van der Waals surface area contributed by atoms with Gasteiger partial charge in [-0.3, -0.25) is 0 Å². The first-order valence-electron chi connectivity index (χ1n) is 6.53. The maximum Gasteiger partial charge on any atom is 0.416 e. The molecule has 2 aromatic rings. The van der Waals surface area contributed by atoms with Crippen LogP contribution in [0.4, 0.5) is 24.5 Å². The molecule has 0 saturated carbocycles. The molecule has 0 aliphatic carbocycles. The van der Waals surface area contributed by atoms with Gasteiger partial charge in [-0.25, -0.2) is 0 Å². The number of nitrogens with zero attached hydrogens (tertiary/aromatic N) is 1. The third-order valence-electron chi connectivity index (χ3n) is 3.14. The van der Waals surface area contributed by atoms with E-state index in [1.165, 1.54) is 6.07 Å². The molecule has 5 heteroatoms. The molecule has 0 aliphatic rings. The van der Waals surface area contributed by atoms with Crippen LogP contribution in [-0.4, -0.2) is 14.1 Å². The Morgan fingerprint density at radius 1 is 1.00 bits per heavy atom. The standard InChI is InChI=1S/C16H17F3N2/c1-21(2)15-8-6-12(7-9-15)11-20-14-5-3-4-13(10-14)16(17,18)19/h3-10,20H,11H2,1-2H3. The van der Waals surface area contributed by atoms with Gasteiger partial charge in [0.2, 0.25) is 0 Å². The Labute approximate surface area is 122 Å². The number of alkyl halides is 3. The smallest absolute Gasteiger partial charge is 0.381 e. The summed E-state index contributed by atoms with van der Waals surface area (Å²) < 4.78 is 37.9. The zero-order chi connectivity index (χ0) is 15.5. The van der Waals surface area contributed by atoms with E-state index in [1.807, 2.05) is 43.3 Å². The van der Waals surface area contributed by atoms with E-state index in [1.54, 1.807) is 6.07 Å². The van der Waals surface area contributed by atoms with Crippen molar-refractivity contribution in [2.75, 3.05) is 24.3 Å². The Kier molecular flexibility index (Phi) is 4.40. The van der Waals surface area contributed by atoms with Crippen molar-refractivity contribution in [3.05, 3.63) is 59.7 Å². The van der Waals surface area contributed by atoms with Gasteiger partial charge in [0, 0.05) is 32.0 Å². The van der Waals surface area contributed by atoms with Gasteiger partial charge in [-0.15, -0.1) is 0 Å². The third kappa shape index (κ3) is 4.15. The van der Waals surface area contributed by atoms with Crippen LogP contribution >= 0.6 is 0 Å². The molecule has 0 fully saturated rings. The first-order chi connectivity index (χ1) is 9.86. The quantitative estimate of drug-likeness (QED) is 0.900. The molecule has 112 valence electrons. The van der Waals surface area contributed by atoms with Crippen LogP contribution in [0.1, 0.15) is 11.1 Å². The molecule has 0 saturated heterocycles. The van der Waals surface area contributed by atoms with Crippen LogP contribution in [0.3, 0.4) is 0 Å². The Morgan fingerprint density at radius 3 is 2.24 bits per heavy atom. The van der Waals surface area contributed by atoms with E-state index in [4.69, 9.17) is 0 Å². The first kappa shape index (κ1) is 15.2. The highest BCUT2D eigenvalue weighted by Crippen LogP contribution is 2.30. The van der Waals surface area contributed by atoms with Crippen molar-refractivity contribution < 1.29 is 13.2 Å². The number of nitrogens with one attached hydrogen (secondary N) is 1. The summed E-state index contributed by atoms with van der Waals surface area (Å²) in [5, 5.41) is 3.01. The molecule has 0 heterocycles. The van der Waals surface area contributed by atoms with E-state index in [-0.39, 0.29) is 0 Å². The molecule has 0 aromatic heterocycles. The fraction of sp³-hybridized carbons (Fsp3) is 0.250. The van der Waals surface area contributed by atoms with Gasteiger partial charge in [0.1, 0.15) is 0 Å². The van der Waals surface area contributed by atoms with Crippen LogP contribution in [-0.2, 0) is 12.7 Å². The summed E-state index contributed by atoms with van der Waals surface area (Å²) in [5.74, 6) is 0. The van der Waals surface area contributed by atoms with Gasteiger partial charge in [0.05, 0.1) is 5.56 Å². The lowest BCUT2D eigenvalue weighted by molar-refractivity contribution is -0.137. The number of anilines is 2. The molecule has 2 aromatic carbocycles. The molecule has 2 rings (SSSR count). The van der Waals surface area contributed by atoms with Crippen molar-refractivity contribution in [3.63, 3.8) is 0 Å². The van der Waals surface area contributed by atoms with Gasteiger partial charge in [-0.1, -0.05) is 18.2 Å². The summed E-state index contributed by atoms with van der Waals surface area (Å²) in [4.78, 5) is 1.99. The van der Waals surface area contributed by atoms with Crippen molar-refractivity contribution in [2.45, 2.75) is 12.7 Å². The van der Waals surface area contributed by atoms with Gasteiger partial charge in [0.15, 0.2) is 0 Å². The van der Waals surface area contributed by atoms with E-state index in [0.29, 0.717) is 12.2 Å². The van der Waals surface area contributed by atoms with Crippen molar-refractivity contribution in [1.29, 1.82) is 0 Å². The number of benzene rings is 2. The second-order valence-electron chi connectivity index (χ2n) is 4.99. The van der Waals surface area contributed by atoms with E-state index in [9.17, 15) is 13.2 Å². The van der Waals surface area contributed by atoms with Crippen molar-refractivity contribution in [3.8, 4) is 0 Å². The van der Waals surface area contributed by atoms with E-state index in [2.05, 4.69) is 5.32 Å². The molecule has 0 radical (unpaired) electrons. The fourth-order valence-electron chi connectivity index (χ4n) is 1.92. The first-order valence-corrected chi connectivity index (χ1v) is 6.53. The highest BCUT2D eigenvalue weighted by Gasteiger charge is 2.30. The highest BCUT2D eigenvalue weighted by molar-refractivity contribution is 5.49. The molecule has 0 amide bonds. The van der Waals surface area contributed by atoms with E-state index >= 15 is 0 Å². The highest BCUT2D eigenvalue weighted by atomic mass is 19.4. The lowest BCUT2D eigenvalue weighted by Crippen LogP contribution is -2.09. The third-order valence-corrected chi connectivity index (χ3v) is 3.14. The van der Waals surface area contributed by atoms with Crippen LogP contribution in [0.25, 0.3) is 0 Å². The molecule has 2 nitrogen and oxygen atoms in total. The molecular formula is C16H17F3N2. The molecule has 1 N–H and O–H groups in total. The molecule has 0 bridgehead atoms. The summed E-state index contributed by atoms with van der Waals surface area (Å²) in [6.07, 6.45) is -4.31. The molecule has 0 unspecified atom stereocenters. The van der Waals surface area contributed by atoms with Crippen LogP contribution < -0.4 is 10.2 Å². The van der Waals surface area contributed by atoms with E-state index < -0.39 is 11.7 Å². The van der Waals surface area contributed by atoms with Crippen LogP contribution in [0, 0.1) is 0 Å². The monoisotopic (exact) mass is 294 g/mol. The van der Waals surface area contributed by atoms with Gasteiger partial charge >= 0.3 is 6.18 Å². The minimum Gasteiger partial charge on any atom is -0.381 e. The molecule has 0 atom stereocenters. The van der Waals surface area contributed by atoms with Crippen molar-refractivity contribution in [2.24, 2.45) is 0 Å². The summed E-state index contributed by atoms with van der Waals surface area (Å²) in [6, 6.07) is 13.1. The summed E-state index contributed by atoms with van der Waals surface area (Å²) in [6.45, 7) is 0.481. The average Bonchev–Trinajstić information content (AvgIpc) is 2.45. The Bertz CT molecular complexity index is 589. The van der Waals surface area contributed by atoms with Gasteiger partial charge in [-0.2, -0.15) is 13.2 Å². The zero-order valence-electron chi connectivity index (χ0n) is 11.9. The number of halogens is 3. The van der Waals surface area contributed by atoms with Gasteiger partial charge in [-0.05, 0) is 35.9 Å². The van der Waals surface area contributed by atoms with Gasteiger partial charge in [0.25, 0.3) is 0 Å². The Morgan fingerprint density at radius 2 is 1.67 bits per heavy atom. The lowest BCUT2D eigenvalue weighted by Gasteiger charge is -2.13. The van der Waals surface area contributed by atoms with Crippen LogP contribution in [0.2, 0.25) is 0 Å². The SMILES string of the molecule is CN(C)c1ccc(CNc2cccc(C(F)(F)F)c2)cc1. The van der Waals surface area contributed by atoms with Crippen molar-refractivity contribution >= 4 is 11.4 Å². The molecule has 0 spiro atoms. The molecular weight excluding hydrogens is 277 g/mol. The van der Waals surface area contributed by atoms with Gasteiger partial charge < -0.3 is 10.2 Å². The zero-order valence-corrected chi connectivity index (χ0v) is 11.9. The Hall–Kier alpha value is -2.17. The summed E-state index contributed by atoms with van der Waals surface area (Å²) in [7, 11) is 3.91. The fourth-order valence-corrected chi connectivity index (χ4v) is 1.92. The second kappa shape index (κ2) is 6.08. The lowest BCUT2D eigenvalue weighted by atomic mass is 10.1. The largest absolute Gasteiger partial charge is 0.416 e. The maximum atomic E-state index is 12.6. The predicted octanol–water partition coefficient (Wildman–Crippen LogP) is 4.38. The normalized spacial score (nSPS) is 11.3. The van der Waals surface area contributed by atoms with Crippen LogP contribution in [0.5, 0.6) is 0 Å². The average molecular weight is 294 g/mol. The molecule has 0 aliphatic heterocycles. The Balaban J connectivity index is 2.03. The topological polar surface area (TPSA) is 15.3 Å². The van der Waals surface area contributed by atoms with Crippen molar-refractivity contribution in [1.82, 2.24) is 0 Å². The van der Waals surface area contributed by atoms with Crippen LogP contribution in [0.15, 0.2) is 48.5 Å². The summed E-state index contributed by atoms with van der Waals surface area (Å²) >= 11 is 0. The van der Waals surface area contributed by atoms with E-state index in [0.717, 1.165) is 23.4 Å². The minimum absolute atomic E-state index is 0.460.